The maximum Gasteiger partial charge on any atom is 0.0361 e. The summed E-state index contributed by atoms with van der Waals surface area (Å²) in [5.74, 6) is 0. The van der Waals surface area contributed by atoms with E-state index in [2.05, 4.69) is 61.5 Å². The smallest absolute Gasteiger partial charge is 0.0361 e. The number of thiophene rings is 1. The minimum atomic E-state index is 1.33. The van der Waals surface area contributed by atoms with Crippen molar-refractivity contribution in [3.63, 3.8) is 0 Å². The Balaban J connectivity index is 2.40. The van der Waals surface area contributed by atoms with Gasteiger partial charge in [-0.3, -0.25) is 0 Å². The van der Waals surface area contributed by atoms with Gasteiger partial charge in [0.2, 0.25) is 0 Å². The summed E-state index contributed by atoms with van der Waals surface area (Å²) in [6, 6.07) is 19.7. The second-order valence-corrected chi connectivity index (χ2v) is 5.79. The van der Waals surface area contributed by atoms with E-state index in [-0.39, 0.29) is 0 Å². The molecule has 0 saturated carbocycles. The molecular weight excluding hydrogens is 236 g/mol. The van der Waals surface area contributed by atoms with Crippen LogP contribution in [0.15, 0.2) is 54.6 Å². The molecule has 0 radical (unpaired) electrons. The number of fused-ring (bicyclic) bond motifs is 5. The van der Waals surface area contributed by atoms with E-state index in [1.54, 1.807) is 0 Å². The van der Waals surface area contributed by atoms with Crippen molar-refractivity contribution in [2.75, 3.05) is 0 Å². The first-order valence-electron chi connectivity index (χ1n) is 6.14. The van der Waals surface area contributed by atoms with E-state index in [9.17, 15) is 0 Å². The van der Waals surface area contributed by atoms with Crippen LogP contribution in [-0.2, 0) is 0 Å². The summed E-state index contributed by atoms with van der Waals surface area (Å²) < 4.78 is 2.78. The number of hydrogen-bond acceptors (Lipinski definition) is 1. The van der Waals surface area contributed by atoms with Gasteiger partial charge in [0, 0.05) is 20.2 Å². The predicted molar refractivity (Wildman–Crippen MR) is 81.6 cm³/mol. The quantitative estimate of drug-likeness (QED) is 0.384. The molecule has 0 spiro atoms. The summed E-state index contributed by atoms with van der Waals surface area (Å²) >= 11 is 1.89. The maximum absolute atomic E-state index is 2.25. The van der Waals surface area contributed by atoms with Gasteiger partial charge in [-0.15, -0.1) is 11.3 Å². The van der Waals surface area contributed by atoms with E-state index in [1.165, 1.54) is 36.5 Å². The average Bonchev–Trinajstić information content (AvgIpc) is 2.79. The largest absolute Gasteiger partial charge is 0.135 e. The van der Waals surface area contributed by atoms with Crippen LogP contribution in [0, 0.1) is 6.92 Å². The minimum Gasteiger partial charge on any atom is -0.135 e. The number of benzene rings is 3. The van der Waals surface area contributed by atoms with Crippen LogP contribution in [0.3, 0.4) is 0 Å². The second kappa shape index (κ2) is 3.56. The van der Waals surface area contributed by atoms with Gasteiger partial charge in [-0.2, -0.15) is 0 Å². The third kappa shape index (κ3) is 1.25. The molecule has 0 unspecified atom stereocenters. The highest BCUT2D eigenvalue weighted by molar-refractivity contribution is 7.26. The molecule has 4 aromatic rings. The number of hydrogen-bond donors (Lipinski definition) is 0. The molecule has 0 aliphatic rings. The normalized spacial score (nSPS) is 11.6. The molecular formula is C17H12S. The second-order valence-electron chi connectivity index (χ2n) is 4.71. The van der Waals surface area contributed by atoms with Crippen LogP contribution >= 0.6 is 11.3 Å². The molecule has 0 bridgehead atoms. The standard InChI is InChI=1S/C17H12S/c1-11-5-4-8-14-16(11)17-13-7-3-2-6-12(13)9-10-15(17)18-14/h2-10H,1H3. The fourth-order valence-electron chi connectivity index (χ4n) is 2.76. The van der Waals surface area contributed by atoms with E-state index in [1.807, 2.05) is 11.3 Å². The Morgan fingerprint density at radius 2 is 1.56 bits per heavy atom. The first-order chi connectivity index (χ1) is 8.84. The van der Waals surface area contributed by atoms with Crippen LogP contribution < -0.4 is 0 Å². The zero-order valence-electron chi connectivity index (χ0n) is 10.1. The zero-order valence-corrected chi connectivity index (χ0v) is 10.9. The molecule has 1 heteroatoms. The van der Waals surface area contributed by atoms with Gasteiger partial charge in [0.05, 0.1) is 0 Å². The highest BCUT2D eigenvalue weighted by Crippen LogP contribution is 2.39. The van der Waals surface area contributed by atoms with Gasteiger partial charge in [-0.05, 0) is 35.4 Å². The van der Waals surface area contributed by atoms with Crippen LogP contribution in [0.5, 0.6) is 0 Å². The molecule has 0 nitrogen and oxygen atoms in total. The highest BCUT2D eigenvalue weighted by atomic mass is 32.1. The van der Waals surface area contributed by atoms with Crippen molar-refractivity contribution in [1.82, 2.24) is 0 Å². The third-order valence-corrected chi connectivity index (χ3v) is 4.72. The Hall–Kier alpha value is -1.86. The molecule has 0 saturated heterocycles. The average molecular weight is 248 g/mol. The van der Waals surface area contributed by atoms with E-state index in [4.69, 9.17) is 0 Å². The molecule has 0 aliphatic carbocycles. The van der Waals surface area contributed by atoms with Crippen LogP contribution in [0.2, 0.25) is 0 Å². The van der Waals surface area contributed by atoms with E-state index in [0.29, 0.717) is 0 Å². The van der Waals surface area contributed by atoms with Gasteiger partial charge in [0.1, 0.15) is 0 Å². The zero-order chi connectivity index (χ0) is 12.1. The van der Waals surface area contributed by atoms with E-state index >= 15 is 0 Å². The lowest BCUT2D eigenvalue weighted by Gasteiger charge is -2.01. The summed E-state index contributed by atoms with van der Waals surface area (Å²) in [5, 5.41) is 5.55. The lowest BCUT2D eigenvalue weighted by atomic mass is 10.0. The van der Waals surface area contributed by atoms with Gasteiger partial charge >= 0.3 is 0 Å². The molecule has 3 aromatic carbocycles. The molecule has 0 N–H and O–H groups in total. The van der Waals surface area contributed by atoms with Crippen molar-refractivity contribution in [3.8, 4) is 0 Å². The third-order valence-electron chi connectivity index (χ3n) is 3.60. The van der Waals surface area contributed by atoms with Crippen molar-refractivity contribution in [1.29, 1.82) is 0 Å². The van der Waals surface area contributed by atoms with Crippen molar-refractivity contribution >= 4 is 42.3 Å². The van der Waals surface area contributed by atoms with Crippen molar-refractivity contribution in [3.05, 3.63) is 60.2 Å². The molecule has 4 rings (SSSR count). The minimum absolute atomic E-state index is 1.33. The molecule has 1 heterocycles. The summed E-state index contributed by atoms with van der Waals surface area (Å²) in [6.07, 6.45) is 0. The van der Waals surface area contributed by atoms with E-state index in [0.717, 1.165) is 0 Å². The predicted octanol–water partition coefficient (Wildman–Crippen LogP) is 5.52. The fraction of sp³-hybridized carbons (Fsp3) is 0.0588. The molecule has 86 valence electrons. The first kappa shape index (κ1) is 10.1. The molecule has 0 aliphatic heterocycles. The van der Waals surface area contributed by atoms with Gasteiger partial charge in [0.15, 0.2) is 0 Å². The molecule has 18 heavy (non-hydrogen) atoms. The van der Waals surface area contributed by atoms with Gasteiger partial charge in [0.25, 0.3) is 0 Å². The monoisotopic (exact) mass is 248 g/mol. The SMILES string of the molecule is Cc1cccc2sc3ccc4ccccc4c3c12. The van der Waals surface area contributed by atoms with Gasteiger partial charge < -0.3 is 0 Å². The molecule has 0 fully saturated rings. The van der Waals surface area contributed by atoms with Crippen LogP contribution in [-0.4, -0.2) is 0 Å². The summed E-state index contributed by atoms with van der Waals surface area (Å²) in [6.45, 7) is 2.20. The molecule has 1 aromatic heterocycles. The Bertz CT molecular complexity index is 884. The first-order valence-corrected chi connectivity index (χ1v) is 6.96. The van der Waals surface area contributed by atoms with Crippen molar-refractivity contribution in [2.45, 2.75) is 6.92 Å². The summed E-state index contributed by atoms with van der Waals surface area (Å²) in [4.78, 5) is 0. The fourth-order valence-corrected chi connectivity index (χ4v) is 3.96. The Labute approximate surface area is 109 Å². The van der Waals surface area contributed by atoms with Crippen molar-refractivity contribution < 1.29 is 0 Å². The Kier molecular flexibility index (Phi) is 2.00. The van der Waals surface area contributed by atoms with Crippen LogP contribution in [0.4, 0.5) is 0 Å². The van der Waals surface area contributed by atoms with Crippen LogP contribution in [0.25, 0.3) is 30.9 Å². The highest BCUT2D eigenvalue weighted by Gasteiger charge is 2.09. The molecule has 0 atom stereocenters. The van der Waals surface area contributed by atoms with E-state index < -0.39 is 0 Å². The number of rotatable bonds is 0. The summed E-state index contributed by atoms with van der Waals surface area (Å²) in [5.41, 5.74) is 1.37. The van der Waals surface area contributed by atoms with Gasteiger partial charge in [-0.25, -0.2) is 0 Å². The topological polar surface area (TPSA) is 0 Å². The lowest BCUT2D eigenvalue weighted by Crippen LogP contribution is -1.76. The van der Waals surface area contributed by atoms with Crippen molar-refractivity contribution in [2.24, 2.45) is 0 Å². The Morgan fingerprint density at radius 3 is 2.50 bits per heavy atom. The van der Waals surface area contributed by atoms with Crippen LogP contribution in [0.1, 0.15) is 5.56 Å². The lowest BCUT2D eigenvalue weighted by molar-refractivity contribution is 1.56. The van der Waals surface area contributed by atoms with Gasteiger partial charge in [-0.1, -0.05) is 42.5 Å². The molecule has 0 amide bonds. The maximum atomic E-state index is 2.25. The number of aryl methyl sites for hydroxylation is 1. The Morgan fingerprint density at radius 1 is 0.722 bits per heavy atom. The summed E-state index contributed by atoms with van der Waals surface area (Å²) in [7, 11) is 0.